The molecule has 0 aliphatic heterocycles. The number of aliphatic hydroxyl groups is 1. The van der Waals surface area contributed by atoms with Crippen LogP contribution in [0.5, 0.6) is 11.5 Å². The van der Waals surface area contributed by atoms with Crippen LogP contribution in [0.4, 0.5) is 8.78 Å². The Kier molecular flexibility index (Phi) is 6.38. The minimum absolute atomic E-state index is 0.0442. The first kappa shape index (κ1) is 14.7. The molecule has 6 heteroatoms. The molecule has 0 saturated heterocycles. The van der Waals surface area contributed by atoms with Gasteiger partial charge in [-0.3, -0.25) is 0 Å². The smallest absolute Gasteiger partial charge is 0.250 e. The third-order valence-corrected chi connectivity index (χ3v) is 2.18. The van der Waals surface area contributed by atoms with Crippen LogP contribution in [0.15, 0.2) is 24.3 Å². The second-order valence-corrected chi connectivity index (χ2v) is 3.69. The van der Waals surface area contributed by atoms with Gasteiger partial charge in [-0.1, -0.05) is 0 Å². The molecule has 102 valence electrons. The Morgan fingerprint density at radius 1 is 1.17 bits per heavy atom. The molecule has 0 aliphatic carbocycles. The molecule has 1 atom stereocenters. The summed E-state index contributed by atoms with van der Waals surface area (Å²) >= 11 is 0. The first-order valence-electron chi connectivity index (χ1n) is 5.55. The SMILES string of the molecule is COc1ccc(OCC(O)CNCC(F)F)cc1. The molecule has 0 heterocycles. The second-order valence-electron chi connectivity index (χ2n) is 3.69. The highest BCUT2D eigenvalue weighted by Crippen LogP contribution is 2.16. The average molecular weight is 261 g/mol. The van der Waals surface area contributed by atoms with Crippen molar-refractivity contribution in [1.82, 2.24) is 5.32 Å². The third-order valence-electron chi connectivity index (χ3n) is 2.18. The predicted octanol–water partition coefficient (Wildman–Crippen LogP) is 1.29. The molecule has 1 unspecified atom stereocenters. The lowest BCUT2D eigenvalue weighted by Gasteiger charge is -2.13. The summed E-state index contributed by atoms with van der Waals surface area (Å²) in [5.74, 6) is 1.30. The minimum Gasteiger partial charge on any atom is -0.497 e. The molecule has 1 aromatic carbocycles. The molecule has 0 fully saturated rings. The lowest BCUT2D eigenvalue weighted by atomic mass is 10.3. The maximum atomic E-state index is 11.8. The number of alkyl halides is 2. The molecular formula is C12H17F2NO3. The number of hydrogen-bond donors (Lipinski definition) is 2. The molecule has 0 radical (unpaired) electrons. The Morgan fingerprint density at radius 3 is 2.33 bits per heavy atom. The number of rotatable bonds is 8. The molecule has 2 N–H and O–H groups in total. The van der Waals surface area contributed by atoms with Crippen LogP contribution >= 0.6 is 0 Å². The number of benzene rings is 1. The molecule has 0 amide bonds. The Balaban J connectivity index is 2.22. The van der Waals surface area contributed by atoms with Crippen molar-refractivity contribution in [1.29, 1.82) is 0 Å². The van der Waals surface area contributed by atoms with Crippen molar-refractivity contribution in [3.63, 3.8) is 0 Å². The van der Waals surface area contributed by atoms with E-state index >= 15 is 0 Å². The van der Waals surface area contributed by atoms with Gasteiger partial charge in [0, 0.05) is 6.54 Å². The number of methoxy groups -OCH3 is 1. The summed E-state index contributed by atoms with van der Waals surface area (Å²) in [5.41, 5.74) is 0. The molecule has 0 aromatic heterocycles. The van der Waals surface area contributed by atoms with Crippen LogP contribution in [0.25, 0.3) is 0 Å². The fourth-order valence-electron chi connectivity index (χ4n) is 1.28. The van der Waals surface area contributed by atoms with Gasteiger partial charge in [0.05, 0.1) is 13.7 Å². The van der Waals surface area contributed by atoms with Gasteiger partial charge in [0.25, 0.3) is 6.43 Å². The normalized spacial score (nSPS) is 12.5. The number of nitrogens with one attached hydrogen (secondary N) is 1. The van der Waals surface area contributed by atoms with Gasteiger partial charge in [0.1, 0.15) is 24.2 Å². The van der Waals surface area contributed by atoms with Crippen LogP contribution in [0, 0.1) is 0 Å². The van der Waals surface area contributed by atoms with Crippen molar-refractivity contribution in [2.75, 3.05) is 26.8 Å². The maximum absolute atomic E-state index is 11.8. The average Bonchev–Trinajstić information content (AvgIpc) is 2.36. The van der Waals surface area contributed by atoms with E-state index in [1.165, 1.54) is 0 Å². The van der Waals surface area contributed by atoms with E-state index in [9.17, 15) is 13.9 Å². The number of aliphatic hydroxyl groups excluding tert-OH is 1. The Labute approximate surface area is 105 Å². The predicted molar refractivity (Wildman–Crippen MR) is 63.4 cm³/mol. The molecule has 0 saturated carbocycles. The van der Waals surface area contributed by atoms with Crippen molar-refractivity contribution < 1.29 is 23.4 Å². The van der Waals surface area contributed by atoms with Gasteiger partial charge in [0.15, 0.2) is 0 Å². The van der Waals surface area contributed by atoms with Gasteiger partial charge in [-0.05, 0) is 24.3 Å². The van der Waals surface area contributed by atoms with Crippen molar-refractivity contribution in [3.05, 3.63) is 24.3 Å². The van der Waals surface area contributed by atoms with E-state index < -0.39 is 19.1 Å². The number of ether oxygens (including phenoxy) is 2. The molecular weight excluding hydrogens is 244 g/mol. The molecule has 1 aromatic rings. The summed E-state index contributed by atoms with van der Waals surface area (Å²) in [6, 6.07) is 6.88. The van der Waals surface area contributed by atoms with Crippen LogP contribution < -0.4 is 14.8 Å². The van der Waals surface area contributed by atoms with Gasteiger partial charge in [-0.25, -0.2) is 8.78 Å². The molecule has 18 heavy (non-hydrogen) atoms. The van der Waals surface area contributed by atoms with E-state index in [4.69, 9.17) is 9.47 Å². The van der Waals surface area contributed by atoms with Crippen LogP contribution in [0.1, 0.15) is 0 Å². The molecule has 0 aliphatic rings. The van der Waals surface area contributed by atoms with Crippen molar-refractivity contribution in [2.24, 2.45) is 0 Å². The highest BCUT2D eigenvalue weighted by Gasteiger charge is 2.07. The summed E-state index contributed by atoms with van der Waals surface area (Å²) < 4.78 is 33.9. The maximum Gasteiger partial charge on any atom is 0.250 e. The minimum atomic E-state index is -2.42. The molecule has 0 spiro atoms. The van der Waals surface area contributed by atoms with Gasteiger partial charge >= 0.3 is 0 Å². The lowest BCUT2D eigenvalue weighted by molar-refractivity contribution is 0.0951. The number of hydrogen-bond acceptors (Lipinski definition) is 4. The standard InChI is InChI=1S/C12H17F2NO3/c1-17-10-2-4-11(5-3-10)18-8-9(16)6-15-7-12(13)14/h2-5,9,12,15-16H,6-8H2,1H3. The summed E-state index contributed by atoms with van der Waals surface area (Å²) in [6.07, 6.45) is -3.24. The highest BCUT2D eigenvalue weighted by atomic mass is 19.3. The van der Waals surface area contributed by atoms with E-state index in [1.54, 1.807) is 31.4 Å². The zero-order valence-electron chi connectivity index (χ0n) is 10.1. The lowest BCUT2D eigenvalue weighted by Crippen LogP contribution is -2.33. The topological polar surface area (TPSA) is 50.7 Å². The van der Waals surface area contributed by atoms with Crippen molar-refractivity contribution >= 4 is 0 Å². The van der Waals surface area contributed by atoms with Crippen LogP contribution in [0.2, 0.25) is 0 Å². The van der Waals surface area contributed by atoms with E-state index in [2.05, 4.69) is 5.32 Å². The molecule has 4 nitrogen and oxygen atoms in total. The summed E-state index contributed by atoms with van der Waals surface area (Å²) in [4.78, 5) is 0. The fraction of sp³-hybridized carbons (Fsp3) is 0.500. The van der Waals surface area contributed by atoms with Crippen molar-refractivity contribution in [2.45, 2.75) is 12.5 Å². The van der Waals surface area contributed by atoms with Crippen LogP contribution in [0.3, 0.4) is 0 Å². The summed E-state index contributed by atoms with van der Waals surface area (Å²) in [7, 11) is 1.56. The highest BCUT2D eigenvalue weighted by molar-refractivity contribution is 5.31. The monoisotopic (exact) mass is 261 g/mol. The molecule has 1 rings (SSSR count). The first-order valence-corrected chi connectivity index (χ1v) is 5.55. The Morgan fingerprint density at radius 2 is 1.78 bits per heavy atom. The second kappa shape index (κ2) is 7.84. The zero-order chi connectivity index (χ0) is 13.4. The van der Waals surface area contributed by atoms with Crippen LogP contribution in [-0.4, -0.2) is 44.4 Å². The fourth-order valence-corrected chi connectivity index (χ4v) is 1.28. The first-order chi connectivity index (χ1) is 8.61. The van der Waals surface area contributed by atoms with Gasteiger partial charge in [-0.2, -0.15) is 0 Å². The number of halogens is 2. The van der Waals surface area contributed by atoms with Crippen LogP contribution in [-0.2, 0) is 0 Å². The largest absolute Gasteiger partial charge is 0.497 e. The third kappa shape index (κ3) is 5.79. The summed E-state index contributed by atoms with van der Waals surface area (Å²) in [6.45, 7) is -0.317. The van der Waals surface area contributed by atoms with Gasteiger partial charge in [0.2, 0.25) is 0 Å². The Bertz CT molecular complexity index is 333. The quantitative estimate of drug-likeness (QED) is 0.740. The van der Waals surface area contributed by atoms with E-state index in [-0.39, 0.29) is 13.2 Å². The van der Waals surface area contributed by atoms with E-state index in [1.807, 2.05) is 0 Å². The molecule has 0 bridgehead atoms. The summed E-state index contributed by atoms with van der Waals surface area (Å²) in [5, 5.41) is 11.9. The van der Waals surface area contributed by atoms with E-state index in [0.29, 0.717) is 11.5 Å². The van der Waals surface area contributed by atoms with E-state index in [0.717, 1.165) is 0 Å². The Hall–Kier alpha value is -1.40. The van der Waals surface area contributed by atoms with Gasteiger partial charge < -0.3 is 19.9 Å². The zero-order valence-corrected chi connectivity index (χ0v) is 10.1. The van der Waals surface area contributed by atoms with Crippen molar-refractivity contribution in [3.8, 4) is 11.5 Å². The van der Waals surface area contributed by atoms with Gasteiger partial charge in [-0.15, -0.1) is 0 Å².